The lowest BCUT2D eigenvalue weighted by Crippen LogP contribution is -2.40. The van der Waals surface area contributed by atoms with E-state index in [1.165, 1.54) is 0 Å². The lowest BCUT2D eigenvalue weighted by Gasteiger charge is -2.19. The minimum absolute atomic E-state index is 0.0412. The van der Waals surface area contributed by atoms with E-state index in [9.17, 15) is 0 Å². The molecule has 1 rings (SSSR count). The predicted molar refractivity (Wildman–Crippen MR) is 59.5 cm³/mol. The van der Waals surface area contributed by atoms with Crippen LogP contribution in [0.5, 0.6) is 0 Å². The average molecular weight is 211 g/mol. The van der Waals surface area contributed by atoms with E-state index in [2.05, 4.69) is 23.2 Å². The molecule has 1 aliphatic heterocycles. The summed E-state index contributed by atoms with van der Waals surface area (Å²) in [5.74, 6) is 0. The Morgan fingerprint density at radius 1 is 1.67 bits per heavy atom. The van der Waals surface area contributed by atoms with E-state index in [0.29, 0.717) is 6.10 Å². The van der Waals surface area contributed by atoms with Crippen LogP contribution < -0.4 is 5.32 Å². The van der Waals surface area contributed by atoms with Crippen molar-refractivity contribution < 1.29 is 4.74 Å². The van der Waals surface area contributed by atoms with Crippen LogP contribution in [0.4, 0.5) is 0 Å². The highest BCUT2D eigenvalue weighted by Gasteiger charge is 2.23. The van der Waals surface area contributed by atoms with Crippen molar-refractivity contribution in [1.82, 2.24) is 10.2 Å². The third kappa shape index (κ3) is 4.17. The normalized spacial score (nSPS) is 23.9. The Bertz CT molecular complexity index is 214. The zero-order valence-corrected chi connectivity index (χ0v) is 9.70. The molecule has 1 fully saturated rings. The molecule has 0 amide bonds. The Hall–Kier alpha value is -0.630. The van der Waals surface area contributed by atoms with Crippen molar-refractivity contribution in [2.75, 3.05) is 33.3 Å². The van der Waals surface area contributed by atoms with Crippen LogP contribution in [0.25, 0.3) is 0 Å². The molecule has 86 valence electrons. The molecule has 4 nitrogen and oxygen atoms in total. The zero-order valence-electron chi connectivity index (χ0n) is 9.70. The molecule has 1 aliphatic rings. The van der Waals surface area contributed by atoms with Gasteiger partial charge in [0.1, 0.15) is 6.04 Å². The van der Waals surface area contributed by atoms with Crippen LogP contribution in [0.3, 0.4) is 0 Å². The molecule has 1 heterocycles. The quantitative estimate of drug-likeness (QED) is 0.699. The summed E-state index contributed by atoms with van der Waals surface area (Å²) < 4.78 is 5.29. The lowest BCUT2D eigenvalue weighted by atomic mass is 10.3. The molecule has 2 unspecified atom stereocenters. The summed E-state index contributed by atoms with van der Waals surface area (Å²) in [6.45, 7) is 5.85. The number of methoxy groups -OCH3 is 1. The van der Waals surface area contributed by atoms with Crippen LogP contribution >= 0.6 is 0 Å². The van der Waals surface area contributed by atoms with Gasteiger partial charge >= 0.3 is 0 Å². The molecule has 0 aromatic rings. The van der Waals surface area contributed by atoms with Gasteiger partial charge in [0, 0.05) is 26.7 Å². The fourth-order valence-electron chi connectivity index (χ4n) is 1.88. The Morgan fingerprint density at radius 2 is 2.47 bits per heavy atom. The number of nitriles is 1. The van der Waals surface area contributed by atoms with Crippen molar-refractivity contribution in [3.8, 4) is 6.07 Å². The SMILES string of the molecule is CCCNC(C#N)CN1CCC(OC)C1. The highest BCUT2D eigenvalue weighted by atomic mass is 16.5. The first-order chi connectivity index (χ1) is 7.30. The maximum Gasteiger partial charge on any atom is 0.108 e. The van der Waals surface area contributed by atoms with Crippen LogP contribution in [-0.2, 0) is 4.74 Å². The summed E-state index contributed by atoms with van der Waals surface area (Å²) in [6, 6.07) is 2.26. The molecular formula is C11H21N3O. The molecule has 1 N–H and O–H groups in total. The van der Waals surface area contributed by atoms with Gasteiger partial charge in [-0.3, -0.25) is 4.90 Å². The highest BCUT2D eigenvalue weighted by molar-refractivity contribution is 4.93. The number of hydrogen-bond acceptors (Lipinski definition) is 4. The summed E-state index contributed by atoms with van der Waals surface area (Å²) in [4.78, 5) is 2.30. The molecule has 1 saturated heterocycles. The summed E-state index contributed by atoms with van der Waals surface area (Å²) in [6.07, 6.45) is 2.51. The van der Waals surface area contributed by atoms with E-state index in [0.717, 1.165) is 39.0 Å². The van der Waals surface area contributed by atoms with E-state index in [1.54, 1.807) is 7.11 Å². The third-order valence-electron chi connectivity index (χ3n) is 2.80. The third-order valence-corrected chi connectivity index (χ3v) is 2.80. The van der Waals surface area contributed by atoms with E-state index >= 15 is 0 Å². The van der Waals surface area contributed by atoms with E-state index in [-0.39, 0.29) is 6.04 Å². The van der Waals surface area contributed by atoms with Crippen LogP contribution in [-0.4, -0.2) is 50.3 Å². The first-order valence-corrected chi connectivity index (χ1v) is 5.68. The zero-order chi connectivity index (χ0) is 11.1. The van der Waals surface area contributed by atoms with Gasteiger partial charge < -0.3 is 10.1 Å². The Kier molecular flexibility index (Phi) is 5.62. The van der Waals surface area contributed by atoms with Crippen molar-refractivity contribution in [1.29, 1.82) is 5.26 Å². The number of nitrogens with zero attached hydrogens (tertiary/aromatic N) is 2. The monoisotopic (exact) mass is 211 g/mol. The second-order valence-electron chi connectivity index (χ2n) is 4.04. The molecule has 0 bridgehead atoms. The minimum Gasteiger partial charge on any atom is -0.380 e. The van der Waals surface area contributed by atoms with Crippen LogP contribution in [0.1, 0.15) is 19.8 Å². The first-order valence-electron chi connectivity index (χ1n) is 5.68. The van der Waals surface area contributed by atoms with Gasteiger partial charge in [0.05, 0.1) is 12.2 Å². The van der Waals surface area contributed by atoms with Gasteiger partial charge in [-0.2, -0.15) is 5.26 Å². The molecule has 0 aromatic carbocycles. The van der Waals surface area contributed by atoms with Crippen molar-refractivity contribution in [3.05, 3.63) is 0 Å². The van der Waals surface area contributed by atoms with Gasteiger partial charge in [-0.1, -0.05) is 6.92 Å². The number of rotatable bonds is 6. The van der Waals surface area contributed by atoms with Crippen molar-refractivity contribution >= 4 is 0 Å². The molecule has 0 spiro atoms. The summed E-state index contributed by atoms with van der Waals surface area (Å²) in [5, 5.41) is 12.2. The second kappa shape index (κ2) is 6.78. The van der Waals surface area contributed by atoms with Gasteiger partial charge in [-0.05, 0) is 19.4 Å². The Labute approximate surface area is 92.2 Å². The van der Waals surface area contributed by atoms with E-state index < -0.39 is 0 Å². The maximum atomic E-state index is 8.97. The number of nitrogens with one attached hydrogen (secondary N) is 1. The largest absolute Gasteiger partial charge is 0.380 e. The van der Waals surface area contributed by atoms with Crippen LogP contribution in [0, 0.1) is 11.3 Å². The van der Waals surface area contributed by atoms with Crippen LogP contribution in [0.15, 0.2) is 0 Å². The molecule has 0 radical (unpaired) electrons. The first kappa shape index (κ1) is 12.4. The average Bonchev–Trinajstić information content (AvgIpc) is 2.71. The van der Waals surface area contributed by atoms with Gasteiger partial charge in [0.25, 0.3) is 0 Å². The molecule has 4 heteroatoms. The minimum atomic E-state index is -0.0412. The van der Waals surface area contributed by atoms with E-state index in [1.807, 2.05) is 0 Å². The smallest absolute Gasteiger partial charge is 0.108 e. The number of likely N-dealkylation sites (tertiary alicyclic amines) is 1. The van der Waals surface area contributed by atoms with Gasteiger partial charge in [0.2, 0.25) is 0 Å². The van der Waals surface area contributed by atoms with E-state index in [4.69, 9.17) is 10.00 Å². The van der Waals surface area contributed by atoms with Crippen molar-refractivity contribution in [2.24, 2.45) is 0 Å². The predicted octanol–water partition coefficient (Wildman–Crippen LogP) is 0.599. The highest BCUT2D eigenvalue weighted by Crippen LogP contribution is 2.11. The number of ether oxygens (including phenoxy) is 1. The molecule has 0 saturated carbocycles. The summed E-state index contributed by atoms with van der Waals surface area (Å²) in [7, 11) is 1.76. The molecule has 0 aliphatic carbocycles. The summed E-state index contributed by atoms with van der Waals surface area (Å²) in [5.41, 5.74) is 0. The van der Waals surface area contributed by atoms with Gasteiger partial charge in [0.15, 0.2) is 0 Å². The van der Waals surface area contributed by atoms with Crippen molar-refractivity contribution in [3.63, 3.8) is 0 Å². The molecule has 2 atom stereocenters. The van der Waals surface area contributed by atoms with Gasteiger partial charge in [-0.25, -0.2) is 0 Å². The molecule has 15 heavy (non-hydrogen) atoms. The Morgan fingerprint density at radius 3 is 3.00 bits per heavy atom. The maximum absolute atomic E-state index is 8.97. The Balaban J connectivity index is 2.24. The molecule has 0 aromatic heterocycles. The van der Waals surface area contributed by atoms with Gasteiger partial charge in [-0.15, -0.1) is 0 Å². The fourth-order valence-corrected chi connectivity index (χ4v) is 1.88. The fraction of sp³-hybridized carbons (Fsp3) is 0.909. The lowest BCUT2D eigenvalue weighted by molar-refractivity contribution is 0.107. The second-order valence-corrected chi connectivity index (χ2v) is 4.04. The summed E-state index contributed by atoms with van der Waals surface area (Å²) >= 11 is 0. The van der Waals surface area contributed by atoms with Crippen LogP contribution in [0.2, 0.25) is 0 Å². The number of hydrogen-bond donors (Lipinski definition) is 1. The molecular weight excluding hydrogens is 190 g/mol. The topological polar surface area (TPSA) is 48.3 Å². The standard InChI is InChI=1S/C11H21N3O/c1-3-5-13-10(7-12)8-14-6-4-11(9-14)15-2/h10-11,13H,3-6,8-9H2,1-2H3. The van der Waals surface area contributed by atoms with Crippen molar-refractivity contribution in [2.45, 2.75) is 31.9 Å².